The maximum Gasteiger partial charge on any atom is 0.256 e. The van der Waals surface area contributed by atoms with Crippen molar-refractivity contribution in [1.29, 1.82) is 0 Å². The molecule has 6 nitrogen and oxygen atoms in total. The number of aromatic nitrogens is 2. The normalized spacial score (nSPS) is 16.7. The van der Waals surface area contributed by atoms with E-state index in [-0.39, 0.29) is 23.3 Å². The summed E-state index contributed by atoms with van der Waals surface area (Å²) >= 11 is 6.23. The van der Waals surface area contributed by atoms with Crippen LogP contribution in [-0.4, -0.2) is 32.4 Å². The fraction of sp³-hybridized carbons (Fsp3) is 0.258. The minimum absolute atomic E-state index is 0.0710. The first-order chi connectivity index (χ1) is 18.8. The second-order valence-electron chi connectivity index (χ2n) is 10.3. The smallest absolute Gasteiger partial charge is 0.256 e. The summed E-state index contributed by atoms with van der Waals surface area (Å²) in [6.45, 7) is 0.464. The highest BCUT2D eigenvalue weighted by Crippen LogP contribution is 2.52. The minimum Gasteiger partial charge on any atom is -0.378 e. The molecule has 3 aromatic carbocycles. The molecule has 0 bridgehead atoms. The number of hydrogen-bond donors (Lipinski definition) is 2. The topological polar surface area (TPSA) is 86.3 Å². The van der Waals surface area contributed by atoms with Gasteiger partial charge in [-0.15, -0.1) is 0 Å². The summed E-state index contributed by atoms with van der Waals surface area (Å²) < 4.78 is 13.7. The zero-order valence-electron chi connectivity index (χ0n) is 21.2. The Bertz CT molecular complexity index is 1630. The Hall–Kier alpha value is -3.81. The molecule has 0 radical (unpaired) electrons. The lowest BCUT2D eigenvalue weighted by atomic mass is 9.94. The van der Waals surface area contributed by atoms with Gasteiger partial charge in [0, 0.05) is 11.6 Å². The summed E-state index contributed by atoms with van der Waals surface area (Å²) in [6.07, 6.45) is 1.52. The Morgan fingerprint density at radius 3 is 2.54 bits per heavy atom. The van der Waals surface area contributed by atoms with Crippen LogP contribution < -0.4 is 5.56 Å². The number of nitrogens with zero attached hydrogens (tertiary/aromatic N) is 2. The van der Waals surface area contributed by atoms with Crippen molar-refractivity contribution in [2.24, 2.45) is 0 Å². The number of aliphatic hydroxyl groups excluding tert-OH is 1. The number of halogens is 2. The molecule has 198 valence electrons. The zero-order valence-corrected chi connectivity index (χ0v) is 21.9. The number of aryl methyl sites for hydroxylation is 1. The monoisotopic (exact) mass is 543 g/mol. The highest BCUT2D eigenvalue weighted by atomic mass is 35.5. The summed E-state index contributed by atoms with van der Waals surface area (Å²) in [5.74, 6) is -0.206. The van der Waals surface area contributed by atoms with E-state index < -0.39 is 12.0 Å². The molecule has 1 amide bonds. The summed E-state index contributed by atoms with van der Waals surface area (Å²) in [6, 6.07) is 20.7. The van der Waals surface area contributed by atoms with Crippen molar-refractivity contribution < 1.29 is 14.3 Å². The third-order valence-corrected chi connectivity index (χ3v) is 8.01. The molecule has 1 saturated carbocycles. The number of hydrogen-bond acceptors (Lipinski definition) is 4. The van der Waals surface area contributed by atoms with E-state index in [4.69, 9.17) is 16.6 Å². The predicted octanol–water partition coefficient (Wildman–Crippen LogP) is 5.32. The number of aliphatic hydroxyl groups is 1. The van der Waals surface area contributed by atoms with Crippen molar-refractivity contribution in [3.8, 4) is 11.1 Å². The number of carbonyl (C=O) groups is 1. The lowest BCUT2D eigenvalue weighted by molar-refractivity contribution is -0.141. The van der Waals surface area contributed by atoms with Crippen LogP contribution in [0.15, 0.2) is 77.6 Å². The number of benzene rings is 3. The van der Waals surface area contributed by atoms with Gasteiger partial charge in [-0.2, -0.15) is 0 Å². The highest BCUT2D eigenvalue weighted by molar-refractivity contribution is 6.30. The average Bonchev–Trinajstić information content (AvgIpc) is 3.77. The molecule has 1 aromatic heterocycles. The first-order valence-electron chi connectivity index (χ1n) is 13.1. The van der Waals surface area contributed by atoms with Gasteiger partial charge in [0.2, 0.25) is 0 Å². The molecule has 8 heteroatoms. The molecule has 6 rings (SSSR count). The van der Waals surface area contributed by atoms with E-state index in [0.717, 1.165) is 18.4 Å². The number of amides is 1. The van der Waals surface area contributed by atoms with Gasteiger partial charge < -0.3 is 15.0 Å². The summed E-state index contributed by atoms with van der Waals surface area (Å²) in [4.78, 5) is 36.1. The number of H-pyrrole nitrogens is 1. The molecule has 39 heavy (non-hydrogen) atoms. The van der Waals surface area contributed by atoms with Gasteiger partial charge in [-0.1, -0.05) is 54.1 Å². The molecule has 2 heterocycles. The Kier molecular flexibility index (Phi) is 6.57. The van der Waals surface area contributed by atoms with Crippen LogP contribution in [0.2, 0.25) is 5.02 Å². The van der Waals surface area contributed by atoms with Crippen molar-refractivity contribution in [2.45, 2.75) is 43.7 Å². The van der Waals surface area contributed by atoms with Crippen molar-refractivity contribution >= 4 is 17.5 Å². The van der Waals surface area contributed by atoms with E-state index in [1.807, 2.05) is 24.3 Å². The molecule has 2 aliphatic rings. The van der Waals surface area contributed by atoms with Crippen LogP contribution in [0.3, 0.4) is 0 Å². The molecule has 2 N–H and O–H groups in total. The quantitative estimate of drug-likeness (QED) is 0.357. The molecule has 0 saturated heterocycles. The summed E-state index contributed by atoms with van der Waals surface area (Å²) in [5.41, 5.74) is 3.33. The Morgan fingerprint density at radius 2 is 1.79 bits per heavy atom. The number of fused-ring (bicyclic) bond motifs is 1. The van der Waals surface area contributed by atoms with Crippen LogP contribution in [0, 0.1) is 5.82 Å². The van der Waals surface area contributed by atoms with Crippen LogP contribution in [0.4, 0.5) is 4.39 Å². The van der Waals surface area contributed by atoms with Crippen molar-refractivity contribution in [1.82, 2.24) is 14.9 Å². The van der Waals surface area contributed by atoms with Gasteiger partial charge in [0.15, 0.2) is 6.10 Å². The third kappa shape index (κ3) is 4.88. The van der Waals surface area contributed by atoms with E-state index in [1.54, 1.807) is 36.4 Å². The SMILES string of the molecule is O=C(C(O)c1cccc(-c2cccc(F)c2)c1)N1CCCc2nc(C3(c4cccc(Cl)c4)CC3)[nH]c(=O)c2C1. The second kappa shape index (κ2) is 10.1. The highest BCUT2D eigenvalue weighted by Gasteiger charge is 2.48. The number of rotatable bonds is 5. The molecule has 0 spiro atoms. The van der Waals surface area contributed by atoms with Gasteiger partial charge in [0.05, 0.1) is 23.2 Å². The van der Waals surface area contributed by atoms with Crippen molar-refractivity contribution in [2.75, 3.05) is 6.54 Å². The third-order valence-electron chi connectivity index (χ3n) is 7.78. The van der Waals surface area contributed by atoms with E-state index >= 15 is 0 Å². The van der Waals surface area contributed by atoms with Gasteiger partial charge in [-0.3, -0.25) is 9.59 Å². The van der Waals surface area contributed by atoms with E-state index in [0.29, 0.717) is 58.2 Å². The lowest BCUT2D eigenvalue weighted by Crippen LogP contribution is -2.36. The summed E-state index contributed by atoms with van der Waals surface area (Å²) in [5, 5.41) is 11.6. The Balaban J connectivity index is 1.25. The maximum absolute atomic E-state index is 13.7. The van der Waals surface area contributed by atoms with E-state index in [9.17, 15) is 19.1 Å². The summed E-state index contributed by atoms with van der Waals surface area (Å²) in [7, 11) is 0. The maximum atomic E-state index is 13.7. The van der Waals surface area contributed by atoms with Crippen molar-refractivity contribution in [3.63, 3.8) is 0 Å². The number of nitrogens with one attached hydrogen (secondary N) is 1. The molecule has 1 aliphatic heterocycles. The van der Waals surface area contributed by atoms with E-state index in [1.165, 1.54) is 17.0 Å². The lowest BCUT2D eigenvalue weighted by Gasteiger charge is -2.24. The second-order valence-corrected chi connectivity index (χ2v) is 10.8. The molecular weight excluding hydrogens is 517 g/mol. The molecule has 1 fully saturated rings. The van der Waals surface area contributed by atoms with Crippen LogP contribution in [-0.2, 0) is 23.2 Å². The van der Waals surface area contributed by atoms with Crippen LogP contribution in [0.5, 0.6) is 0 Å². The van der Waals surface area contributed by atoms with E-state index in [2.05, 4.69) is 4.98 Å². The van der Waals surface area contributed by atoms with Crippen LogP contribution in [0.25, 0.3) is 11.1 Å². The number of carbonyl (C=O) groups excluding carboxylic acids is 1. The standard InChI is InChI=1S/C31H27ClFN3O3/c32-23-9-3-8-22(17-23)31(12-13-31)30-34-26-11-4-14-36(18-25(26)28(38)35-30)29(39)27(37)21-7-1-5-19(15-21)20-6-2-10-24(33)16-20/h1-3,5-10,15-17,27,37H,4,11-14,18H2,(H,34,35,38). The zero-order chi connectivity index (χ0) is 27.1. The van der Waals surface area contributed by atoms with Crippen LogP contribution >= 0.6 is 11.6 Å². The van der Waals surface area contributed by atoms with Gasteiger partial charge in [-0.25, -0.2) is 9.37 Å². The predicted molar refractivity (Wildman–Crippen MR) is 147 cm³/mol. The Morgan fingerprint density at radius 1 is 1.05 bits per heavy atom. The molecule has 1 atom stereocenters. The number of aromatic amines is 1. The van der Waals surface area contributed by atoms with Gasteiger partial charge in [-0.05, 0) is 78.3 Å². The minimum atomic E-state index is -1.41. The van der Waals surface area contributed by atoms with Gasteiger partial charge in [0.1, 0.15) is 11.6 Å². The molecule has 4 aromatic rings. The first kappa shape index (κ1) is 25.5. The Labute approximate surface area is 230 Å². The molecule has 1 unspecified atom stereocenters. The molecule has 1 aliphatic carbocycles. The average molecular weight is 544 g/mol. The largest absolute Gasteiger partial charge is 0.378 e. The van der Waals surface area contributed by atoms with Crippen LogP contribution in [0.1, 0.15) is 53.6 Å². The molecular formula is C31H27ClFN3O3. The van der Waals surface area contributed by atoms with Gasteiger partial charge >= 0.3 is 0 Å². The fourth-order valence-electron chi connectivity index (χ4n) is 5.48. The first-order valence-corrected chi connectivity index (χ1v) is 13.4. The fourth-order valence-corrected chi connectivity index (χ4v) is 5.67. The van der Waals surface area contributed by atoms with Gasteiger partial charge in [0.25, 0.3) is 11.5 Å². The van der Waals surface area contributed by atoms with Crippen molar-refractivity contribution in [3.05, 3.63) is 122 Å².